The molecule has 0 aliphatic carbocycles. The number of alkyl halides is 3. The van der Waals surface area contributed by atoms with E-state index in [0.717, 1.165) is 6.08 Å². The summed E-state index contributed by atoms with van der Waals surface area (Å²) in [6.07, 6.45) is -9.62. The van der Waals surface area contributed by atoms with Gasteiger partial charge in [0.1, 0.15) is 19.0 Å². The van der Waals surface area contributed by atoms with Crippen LogP contribution in [0.3, 0.4) is 0 Å². The number of fused-ring (bicyclic) bond motifs is 1. The zero-order chi connectivity index (χ0) is 27.0. The highest BCUT2D eigenvalue weighted by Gasteiger charge is 2.49. The molecule has 0 radical (unpaired) electrons. The quantitative estimate of drug-likeness (QED) is 0.179. The largest absolute Gasteiger partial charge is 0.511 e. The lowest BCUT2D eigenvalue weighted by Crippen LogP contribution is -2.41. The van der Waals surface area contributed by atoms with Crippen LogP contribution in [0.5, 0.6) is 5.75 Å². The third kappa shape index (κ3) is 7.88. The van der Waals surface area contributed by atoms with Gasteiger partial charge in [0.05, 0.1) is 5.57 Å². The average molecular weight is 524 g/mol. The van der Waals surface area contributed by atoms with Crippen molar-refractivity contribution in [2.45, 2.75) is 38.7 Å². The lowest BCUT2D eigenvalue weighted by Gasteiger charge is -2.29. The number of nitrogens with zero attached hydrogens (tertiary/aromatic N) is 2. The summed E-state index contributed by atoms with van der Waals surface area (Å²) in [5, 5.41) is 17.9. The van der Waals surface area contributed by atoms with Crippen LogP contribution in [0.1, 0.15) is 23.6 Å². The molecule has 0 spiro atoms. The number of halogens is 3. The molecule has 14 nitrogen and oxygen atoms in total. The molecule has 0 amide bonds. The second kappa shape index (κ2) is 11.9. The van der Waals surface area contributed by atoms with E-state index >= 15 is 0 Å². The molecule has 1 atom stereocenters. The van der Waals surface area contributed by atoms with Gasteiger partial charge in [0.25, 0.3) is 10.2 Å². The maximum atomic E-state index is 13.6. The summed E-state index contributed by atoms with van der Waals surface area (Å²) < 4.78 is 59.4. The van der Waals surface area contributed by atoms with Crippen LogP contribution in [0.15, 0.2) is 17.7 Å². The Morgan fingerprint density at radius 3 is 2.25 bits per heavy atom. The number of carbonyl (C=O) groups excluding carboxylic acids is 2. The van der Waals surface area contributed by atoms with Crippen molar-refractivity contribution in [3.05, 3.63) is 54.6 Å². The number of ether oxygens (including phenoxy) is 4. The Bertz CT molecular complexity index is 1030. The maximum absolute atomic E-state index is 13.6. The average Bonchev–Trinajstić information content (AvgIpc) is 2.78. The van der Waals surface area contributed by atoms with E-state index in [1.54, 1.807) is 19.9 Å². The monoisotopic (exact) mass is 524 g/mol. The van der Waals surface area contributed by atoms with Crippen molar-refractivity contribution in [3.63, 3.8) is 0 Å². The molecular formula is C19H19F3N2O12. The van der Waals surface area contributed by atoms with E-state index in [2.05, 4.69) is 23.9 Å². The lowest BCUT2D eigenvalue weighted by molar-refractivity contribution is -0.768. The van der Waals surface area contributed by atoms with Crippen LogP contribution in [-0.4, -0.2) is 60.7 Å². The first-order valence-electron chi connectivity index (χ1n) is 9.95. The number of carbonyl (C=O) groups is 2. The second-order valence-corrected chi connectivity index (χ2v) is 7.06. The van der Waals surface area contributed by atoms with Gasteiger partial charge in [-0.15, -0.1) is 20.2 Å². The zero-order valence-corrected chi connectivity index (χ0v) is 18.6. The highest BCUT2D eigenvalue weighted by molar-refractivity contribution is 5.96. The predicted octanol–water partition coefficient (Wildman–Crippen LogP) is 2.70. The predicted molar refractivity (Wildman–Crippen MR) is 107 cm³/mol. The van der Waals surface area contributed by atoms with Crippen LogP contribution >= 0.6 is 0 Å². The Kier molecular flexibility index (Phi) is 9.23. The van der Waals surface area contributed by atoms with E-state index < -0.39 is 66.3 Å². The number of benzene rings is 1. The minimum absolute atomic E-state index is 0.0262. The molecule has 0 saturated heterocycles. The van der Waals surface area contributed by atoms with Gasteiger partial charge in [0, 0.05) is 5.56 Å². The molecular weight excluding hydrogens is 505 g/mol. The standard InChI is InChI=1S/C19H19F3N2O12/c1-3-11-4-10(2)5-12-6-14(16(19(20,21)22)36-15(11)12)17(25)31-9-32-18(26)35-13(7-33-23(27)28)8-34-24(29)30/h4-6,13,16H,3,7-9H2,1-2H3/t16-/m0/s1. The van der Waals surface area contributed by atoms with Crippen LogP contribution in [0.4, 0.5) is 18.0 Å². The SMILES string of the molecule is CCc1cc(C)cc2c1O[C@H](C(F)(F)F)C(C(=O)OCOC(=O)OC(CO[N+](=O)[O-])CO[N+](=O)[O-])=C2. The van der Waals surface area contributed by atoms with E-state index in [1.807, 2.05) is 0 Å². The minimum atomic E-state index is -4.99. The van der Waals surface area contributed by atoms with Crippen molar-refractivity contribution in [1.82, 2.24) is 0 Å². The summed E-state index contributed by atoms with van der Waals surface area (Å²) in [6.45, 7) is 0.278. The third-order valence-corrected chi connectivity index (χ3v) is 4.44. The van der Waals surface area contributed by atoms with E-state index in [1.165, 1.54) is 6.07 Å². The molecule has 2 rings (SSSR count). The van der Waals surface area contributed by atoms with Gasteiger partial charge in [0.2, 0.25) is 12.9 Å². The van der Waals surface area contributed by atoms with E-state index in [9.17, 15) is 43.0 Å². The molecule has 0 N–H and O–H groups in total. The van der Waals surface area contributed by atoms with Gasteiger partial charge in [0.15, 0.2) is 6.10 Å². The van der Waals surface area contributed by atoms with Crippen LogP contribution in [-0.2, 0) is 35.1 Å². The first-order chi connectivity index (χ1) is 16.8. The van der Waals surface area contributed by atoms with Crippen LogP contribution < -0.4 is 4.74 Å². The number of hydrogen-bond donors (Lipinski definition) is 0. The summed E-state index contributed by atoms with van der Waals surface area (Å²) >= 11 is 0. The number of rotatable bonds is 11. The molecule has 0 fully saturated rings. The Morgan fingerprint density at radius 2 is 1.72 bits per heavy atom. The molecule has 1 aliphatic rings. The minimum Gasteiger partial charge on any atom is -0.475 e. The van der Waals surface area contributed by atoms with Crippen molar-refractivity contribution >= 4 is 18.2 Å². The molecule has 1 heterocycles. The molecule has 0 bridgehead atoms. The first kappa shape index (κ1) is 27.9. The normalized spacial score (nSPS) is 14.6. The number of esters is 1. The van der Waals surface area contributed by atoms with Gasteiger partial charge < -0.3 is 28.6 Å². The van der Waals surface area contributed by atoms with Crippen molar-refractivity contribution in [2.75, 3.05) is 20.0 Å². The molecule has 0 aromatic heterocycles. The molecule has 0 saturated carbocycles. The smallest absolute Gasteiger partial charge is 0.475 e. The second-order valence-electron chi connectivity index (χ2n) is 7.06. The van der Waals surface area contributed by atoms with Crippen LogP contribution in [0.2, 0.25) is 0 Å². The Morgan fingerprint density at radius 1 is 1.11 bits per heavy atom. The van der Waals surface area contributed by atoms with Gasteiger partial charge in [-0.1, -0.05) is 13.0 Å². The zero-order valence-electron chi connectivity index (χ0n) is 18.6. The van der Waals surface area contributed by atoms with E-state index in [4.69, 9.17) is 4.74 Å². The fourth-order valence-corrected chi connectivity index (χ4v) is 3.01. The molecule has 36 heavy (non-hydrogen) atoms. The Balaban J connectivity index is 2.06. The van der Waals surface area contributed by atoms with E-state index in [0.29, 0.717) is 17.5 Å². The molecule has 1 aromatic rings. The van der Waals surface area contributed by atoms with Gasteiger partial charge in [-0.05, 0) is 36.6 Å². The summed E-state index contributed by atoms with van der Waals surface area (Å²) in [4.78, 5) is 52.4. The highest BCUT2D eigenvalue weighted by atomic mass is 19.4. The van der Waals surface area contributed by atoms with Crippen molar-refractivity contribution in [2.24, 2.45) is 0 Å². The van der Waals surface area contributed by atoms with Gasteiger partial charge in [-0.3, -0.25) is 0 Å². The lowest BCUT2D eigenvalue weighted by atomic mass is 9.96. The maximum Gasteiger partial charge on any atom is 0.511 e. The highest BCUT2D eigenvalue weighted by Crippen LogP contribution is 2.40. The summed E-state index contributed by atoms with van der Waals surface area (Å²) in [6, 6.07) is 3.17. The third-order valence-electron chi connectivity index (χ3n) is 4.44. The summed E-state index contributed by atoms with van der Waals surface area (Å²) in [7, 11) is 0. The van der Waals surface area contributed by atoms with Crippen molar-refractivity contribution in [3.8, 4) is 5.75 Å². The summed E-state index contributed by atoms with van der Waals surface area (Å²) in [5.41, 5.74) is 0.535. The number of hydrogen-bond acceptors (Lipinski definition) is 12. The molecule has 1 aliphatic heterocycles. The fourth-order valence-electron chi connectivity index (χ4n) is 3.01. The Labute approximate surface area is 199 Å². The summed E-state index contributed by atoms with van der Waals surface area (Å²) in [5.74, 6) is -1.54. The van der Waals surface area contributed by atoms with Gasteiger partial charge in [-0.2, -0.15) is 13.2 Å². The molecule has 17 heteroatoms. The van der Waals surface area contributed by atoms with Gasteiger partial charge >= 0.3 is 18.3 Å². The molecule has 0 unspecified atom stereocenters. The first-order valence-corrected chi connectivity index (χ1v) is 9.95. The van der Waals surface area contributed by atoms with Gasteiger partial charge in [-0.25, -0.2) is 9.59 Å². The fraction of sp³-hybridized carbons (Fsp3) is 0.474. The van der Waals surface area contributed by atoms with Crippen molar-refractivity contribution in [1.29, 1.82) is 0 Å². The molecule has 198 valence electrons. The number of aryl methyl sites for hydroxylation is 2. The molecule has 1 aromatic carbocycles. The van der Waals surface area contributed by atoms with E-state index in [-0.39, 0.29) is 11.3 Å². The van der Waals surface area contributed by atoms with Crippen molar-refractivity contribution < 1.29 is 61.6 Å². The Hall–Kier alpha value is -4.31. The van der Waals surface area contributed by atoms with Crippen LogP contribution in [0, 0.1) is 27.2 Å². The topological polar surface area (TPSA) is 176 Å². The van der Waals surface area contributed by atoms with Crippen LogP contribution in [0.25, 0.3) is 6.08 Å².